The zero-order valence-electron chi connectivity index (χ0n) is 22.0. The monoisotopic (exact) mass is 522 g/mol. The average Bonchev–Trinajstić information content (AvgIpc) is 2.90. The number of ether oxygens (including phenoxy) is 2. The van der Waals surface area contributed by atoms with Crippen LogP contribution in [0.3, 0.4) is 0 Å². The van der Waals surface area contributed by atoms with Crippen molar-refractivity contribution in [3.63, 3.8) is 0 Å². The lowest BCUT2D eigenvalue weighted by Gasteiger charge is -2.38. The molecule has 0 radical (unpaired) electrons. The number of amidine groups is 1. The summed E-state index contributed by atoms with van der Waals surface area (Å²) in [5.41, 5.74) is 3.99. The lowest BCUT2D eigenvalue weighted by Crippen LogP contribution is -2.45. The van der Waals surface area contributed by atoms with Crippen LogP contribution in [0.25, 0.3) is 5.70 Å². The van der Waals surface area contributed by atoms with E-state index in [4.69, 9.17) is 24.4 Å². The number of hydrogen-bond donors (Lipinski definition) is 2. The number of rotatable bonds is 3. The topological polar surface area (TPSA) is 125 Å². The second-order valence-corrected chi connectivity index (χ2v) is 10.9. The van der Waals surface area contributed by atoms with Gasteiger partial charge in [0.1, 0.15) is 11.7 Å². The van der Waals surface area contributed by atoms with Crippen molar-refractivity contribution in [1.29, 1.82) is 0 Å². The number of aromatic amines is 2. The number of nitrogens with zero attached hydrogens (tertiary/aromatic N) is 4. The predicted octanol–water partition coefficient (Wildman–Crippen LogP) is 2.30. The Labute approximate surface area is 222 Å². The SMILES string of the molecule is COc1ccc(C2c3c4c5c(nc3=Nc3[nH]c(=O)[nH]c(=O)c32)CC(C)(C)CC=5N=C2C=CC=CN24)cc1OC. The maximum Gasteiger partial charge on any atom is 0.327 e. The van der Waals surface area contributed by atoms with E-state index >= 15 is 0 Å². The third-order valence-electron chi connectivity index (χ3n) is 7.67. The molecule has 3 aromatic rings. The smallest absolute Gasteiger partial charge is 0.327 e. The Balaban J connectivity index is 1.64. The van der Waals surface area contributed by atoms with Crippen molar-refractivity contribution in [3.05, 3.63) is 96.6 Å². The minimum atomic E-state index is -0.619. The second-order valence-electron chi connectivity index (χ2n) is 10.9. The standard InChI is InChI=1S/C29H26N6O4/c1-29(2)12-15-21-16(13-29)31-25-22(24(21)35-10-6-5-7-19(35)30-15)20(14-8-9-17(38-3)18(11-14)39-4)23-26(32-25)33-28(37)34-27(23)36/h5-11,20H,12-13H2,1-4H3,(H2,33,34,36,37). The van der Waals surface area contributed by atoms with Crippen LogP contribution < -0.4 is 36.3 Å². The summed E-state index contributed by atoms with van der Waals surface area (Å²) in [5, 5.41) is 0.988. The zero-order valence-corrected chi connectivity index (χ0v) is 22.0. The van der Waals surface area contributed by atoms with Crippen LogP contribution in [0.4, 0.5) is 11.5 Å². The summed E-state index contributed by atoms with van der Waals surface area (Å²) in [7, 11) is 3.15. The molecule has 1 unspecified atom stereocenters. The van der Waals surface area contributed by atoms with E-state index in [1.165, 1.54) is 0 Å². The van der Waals surface area contributed by atoms with Crippen molar-refractivity contribution in [1.82, 2.24) is 15.0 Å². The molecule has 0 amide bonds. The molecule has 7 rings (SSSR count). The van der Waals surface area contributed by atoms with Gasteiger partial charge in [0.2, 0.25) is 0 Å². The molecule has 2 aromatic heterocycles. The van der Waals surface area contributed by atoms with Gasteiger partial charge in [-0.25, -0.2) is 19.8 Å². The van der Waals surface area contributed by atoms with Gasteiger partial charge in [-0.2, -0.15) is 0 Å². The molecule has 5 heterocycles. The first-order chi connectivity index (χ1) is 18.8. The lowest BCUT2D eigenvalue weighted by atomic mass is 9.76. The van der Waals surface area contributed by atoms with Crippen LogP contribution in [0.5, 0.6) is 11.5 Å². The van der Waals surface area contributed by atoms with Gasteiger partial charge in [-0.15, -0.1) is 0 Å². The van der Waals surface area contributed by atoms with E-state index in [1.54, 1.807) is 14.2 Å². The molecule has 10 nitrogen and oxygen atoms in total. The summed E-state index contributed by atoms with van der Waals surface area (Å²) in [4.78, 5) is 47.8. The molecular weight excluding hydrogens is 496 g/mol. The molecule has 1 aromatic carbocycles. The van der Waals surface area contributed by atoms with E-state index in [2.05, 4.69) is 28.7 Å². The number of anilines is 1. The van der Waals surface area contributed by atoms with E-state index in [0.717, 1.165) is 52.1 Å². The quantitative estimate of drug-likeness (QED) is 0.426. The number of H-pyrrole nitrogens is 2. The largest absolute Gasteiger partial charge is 0.493 e. The average molecular weight is 523 g/mol. The fourth-order valence-corrected chi connectivity index (χ4v) is 6.12. The number of nitrogens with one attached hydrogen (secondary N) is 2. The Kier molecular flexibility index (Phi) is 4.88. The van der Waals surface area contributed by atoms with Gasteiger partial charge < -0.3 is 14.4 Å². The normalized spacial score (nSPS) is 19.3. The van der Waals surface area contributed by atoms with Crippen molar-refractivity contribution < 1.29 is 9.47 Å². The molecule has 1 aliphatic carbocycles. The molecule has 2 N–H and O–H groups in total. The number of aromatic nitrogens is 3. The van der Waals surface area contributed by atoms with Gasteiger partial charge in [-0.3, -0.25) is 14.8 Å². The van der Waals surface area contributed by atoms with Crippen molar-refractivity contribution in [2.24, 2.45) is 15.4 Å². The molecule has 0 saturated heterocycles. The van der Waals surface area contributed by atoms with Crippen LogP contribution in [0, 0.1) is 5.41 Å². The fourth-order valence-electron chi connectivity index (χ4n) is 6.12. The predicted molar refractivity (Wildman–Crippen MR) is 147 cm³/mol. The van der Waals surface area contributed by atoms with Crippen LogP contribution >= 0.6 is 0 Å². The number of aliphatic imine (C=N–C) groups is 1. The van der Waals surface area contributed by atoms with E-state index in [9.17, 15) is 9.59 Å². The number of methoxy groups -OCH3 is 2. The Morgan fingerprint density at radius 1 is 1.00 bits per heavy atom. The fraction of sp³-hybridized carbons (Fsp3) is 0.276. The minimum absolute atomic E-state index is 0.0396. The van der Waals surface area contributed by atoms with Crippen LogP contribution in [0.2, 0.25) is 0 Å². The van der Waals surface area contributed by atoms with Gasteiger partial charge in [0.15, 0.2) is 17.0 Å². The summed E-state index contributed by atoms with van der Waals surface area (Å²) < 4.78 is 11.1. The van der Waals surface area contributed by atoms with Gasteiger partial charge in [0.05, 0.1) is 36.9 Å². The first-order valence-electron chi connectivity index (χ1n) is 12.7. The van der Waals surface area contributed by atoms with Gasteiger partial charge in [0, 0.05) is 22.9 Å². The highest BCUT2D eigenvalue weighted by Gasteiger charge is 2.39. The lowest BCUT2D eigenvalue weighted by molar-refractivity contribution is 0.354. The van der Waals surface area contributed by atoms with Crippen LogP contribution in [-0.4, -0.2) is 35.0 Å². The van der Waals surface area contributed by atoms with Crippen LogP contribution in [0.15, 0.2) is 62.2 Å². The van der Waals surface area contributed by atoms with Crippen molar-refractivity contribution in [3.8, 4) is 11.5 Å². The Hall–Kier alpha value is -4.73. The molecule has 3 aliphatic heterocycles. The zero-order chi connectivity index (χ0) is 27.1. The first-order valence-corrected chi connectivity index (χ1v) is 12.7. The summed E-state index contributed by atoms with van der Waals surface area (Å²) in [5.74, 6) is 1.49. The molecular formula is C29H26N6O4. The van der Waals surface area contributed by atoms with E-state index in [-0.39, 0.29) is 11.2 Å². The van der Waals surface area contributed by atoms with Crippen molar-refractivity contribution in [2.75, 3.05) is 19.1 Å². The second kappa shape index (κ2) is 8.13. The van der Waals surface area contributed by atoms with Gasteiger partial charge in [0.25, 0.3) is 5.56 Å². The Morgan fingerprint density at radius 3 is 2.62 bits per heavy atom. The van der Waals surface area contributed by atoms with Gasteiger partial charge >= 0.3 is 5.69 Å². The Morgan fingerprint density at radius 2 is 1.82 bits per heavy atom. The summed E-state index contributed by atoms with van der Waals surface area (Å²) >= 11 is 0. The molecule has 39 heavy (non-hydrogen) atoms. The number of hydrogen-bond acceptors (Lipinski definition) is 8. The molecule has 1 atom stereocenters. The number of fused-ring (bicyclic) bond motifs is 5. The molecule has 10 heteroatoms. The highest BCUT2D eigenvalue weighted by molar-refractivity contribution is 6.12. The molecule has 0 fully saturated rings. The third-order valence-corrected chi connectivity index (χ3v) is 7.67. The third kappa shape index (κ3) is 3.44. The minimum Gasteiger partial charge on any atom is -0.493 e. The summed E-state index contributed by atoms with van der Waals surface area (Å²) in [6, 6.07) is 5.57. The van der Waals surface area contributed by atoms with Crippen LogP contribution in [0.1, 0.15) is 48.6 Å². The highest BCUT2D eigenvalue weighted by atomic mass is 16.5. The maximum atomic E-state index is 13.4. The van der Waals surface area contributed by atoms with Gasteiger partial charge in [-0.1, -0.05) is 26.0 Å². The summed E-state index contributed by atoms with van der Waals surface area (Å²) in [6.45, 7) is 4.42. The maximum absolute atomic E-state index is 13.4. The van der Waals surface area contributed by atoms with Crippen LogP contribution in [-0.2, 0) is 6.42 Å². The van der Waals surface area contributed by atoms with E-state index < -0.39 is 17.2 Å². The Bertz CT molecular complexity index is 1930. The summed E-state index contributed by atoms with van der Waals surface area (Å²) in [6.07, 6.45) is 9.42. The number of pyridine rings is 1. The molecule has 196 valence electrons. The van der Waals surface area contributed by atoms with E-state index in [0.29, 0.717) is 22.6 Å². The van der Waals surface area contributed by atoms with Crippen molar-refractivity contribution in [2.45, 2.75) is 32.6 Å². The van der Waals surface area contributed by atoms with Crippen molar-refractivity contribution >= 4 is 23.0 Å². The molecule has 0 spiro atoms. The molecule has 0 saturated carbocycles. The first kappa shape index (κ1) is 23.4. The number of benzene rings is 1. The number of allylic oxidation sites excluding steroid dienone is 2. The highest BCUT2D eigenvalue weighted by Crippen LogP contribution is 2.44. The molecule has 4 aliphatic rings. The van der Waals surface area contributed by atoms with E-state index in [1.807, 2.05) is 42.6 Å². The molecule has 0 bridgehead atoms. The van der Waals surface area contributed by atoms with Gasteiger partial charge in [-0.05, 0) is 48.1 Å².